The molecular weight excluding hydrogens is 340 g/mol. The standard InChI is InChI=1S/C18H15ClN4O2/c1-11-4-5-15(14(19)7-11)23-10-13(8-16(23)24)18-21-17(22-25-18)12-3-2-6-20-9-12/h2-7,9,13H,8,10H2,1H3. The van der Waals surface area contributed by atoms with Crippen LogP contribution in [0.25, 0.3) is 11.4 Å². The third-order valence-electron chi connectivity index (χ3n) is 4.23. The van der Waals surface area contributed by atoms with Crippen LogP contribution in [-0.2, 0) is 4.79 Å². The number of carbonyl (C=O) groups is 1. The van der Waals surface area contributed by atoms with Gasteiger partial charge < -0.3 is 9.42 Å². The molecule has 4 rings (SSSR count). The van der Waals surface area contributed by atoms with Crippen molar-refractivity contribution >= 4 is 23.2 Å². The minimum atomic E-state index is -0.150. The molecule has 6 nitrogen and oxygen atoms in total. The van der Waals surface area contributed by atoms with E-state index in [9.17, 15) is 4.79 Å². The normalized spacial score (nSPS) is 17.3. The van der Waals surface area contributed by atoms with Gasteiger partial charge in [0.2, 0.25) is 17.6 Å². The fourth-order valence-electron chi connectivity index (χ4n) is 2.95. The third kappa shape index (κ3) is 3.00. The molecule has 0 bridgehead atoms. The Morgan fingerprint density at radius 1 is 1.32 bits per heavy atom. The van der Waals surface area contributed by atoms with E-state index in [2.05, 4.69) is 15.1 Å². The highest BCUT2D eigenvalue weighted by Gasteiger charge is 2.36. The Balaban J connectivity index is 1.57. The van der Waals surface area contributed by atoms with Crippen molar-refractivity contribution in [1.29, 1.82) is 0 Å². The lowest BCUT2D eigenvalue weighted by Crippen LogP contribution is -2.24. The number of rotatable bonds is 3. The van der Waals surface area contributed by atoms with Crippen LogP contribution in [0.4, 0.5) is 5.69 Å². The van der Waals surface area contributed by atoms with Gasteiger partial charge >= 0.3 is 0 Å². The maximum absolute atomic E-state index is 12.4. The molecule has 2 aromatic heterocycles. The summed E-state index contributed by atoms with van der Waals surface area (Å²) in [5.41, 5.74) is 2.54. The number of aryl methyl sites for hydroxylation is 1. The number of pyridine rings is 1. The fraction of sp³-hybridized carbons (Fsp3) is 0.222. The van der Waals surface area contributed by atoms with Crippen molar-refractivity contribution in [3.8, 4) is 11.4 Å². The van der Waals surface area contributed by atoms with Crippen molar-refractivity contribution in [2.75, 3.05) is 11.4 Å². The summed E-state index contributed by atoms with van der Waals surface area (Å²) < 4.78 is 5.38. The average Bonchev–Trinajstić information content (AvgIpc) is 3.23. The van der Waals surface area contributed by atoms with E-state index in [1.807, 2.05) is 37.3 Å². The second-order valence-corrected chi connectivity index (χ2v) is 6.47. The molecule has 0 spiro atoms. The summed E-state index contributed by atoms with van der Waals surface area (Å²) in [6, 6.07) is 9.33. The number of aromatic nitrogens is 3. The molecule has 1 aliphatic rings. The topological polar surface area (TPSA) is 72.1 Å². The molecule has 7 heteroatoms. The molecule has 1 fully saturated rings. The van der Waals surface area contributed by atoms with E-state index in [0.29, 0.717) is 35.4 Å². The van der Waals surface area contributed by atoms with Gasteiger partial charge in [0.1, 0.15) is 0 Å². The lowest BCUT2D eigenvalue weighted by Gasteiger charge is -2.18. The quantitative estimate of drug-likeness (QED) is 0.718. The number of carbonyl (C=O) groups excluding carboxylic acids is 1. The van der Waals surface area contributed by atoms with Crippen LogP contribution in [0.1, 0.15) is 23.8 Å². The van der Waals surface area contributed by atoms with Gasteiger partial charge in [-0.1, -0.05) is 22.8 Å². The molecule has 3 heterocycles. The van der Waals surface area contributed by atoms with Crippen LogP contribution < -0.4 is 4.90 Å². The minimum absolute atomic E-state index is 0.00289. The van der Waals surface area contributed by atoms with Gasteiger partial charge in [0, 0.05) is 30.9 Å². The molecule has 1 aromatic carbocycles. The number of benzene rings is 1. The SMILES string of the molecule is Cc1ccc(N2CC(c3nc(-c4cccnc4)no3)CC2=O)c(Cl)c1. The molecule has 0 saturated carbocycles. The molecule has 0 aliphatic carbocycles. The van der Waals surface area contributed by atoms with Gasteiger partial charge in [-0.25, -0.2) is 0 Å². The van der Waals surface area contributed by atoms with Crippen LogP contribution in [0, 0.1) is 6.92 Å². The van der Waals surface area contributed by atoms with E-state index >= 15 is 0 Å². The zero-order valence-corrected chi connectivity index (χ0v) is 14.3. The first-order chi connectivity index (χ1) is 12.1. The molecule has 1 unspecified atom stereocenters. The Morgan fingerprint density at radius 2 is 2.20 bits per heavy atom. The highest BCUT2D eigenvalue weighted by molar-refractivity contribution is 6.34. The van der Waals surface area contributed by atoms with Gasteiger partial charge in [-0.15, -0.1) is 0 Å². The smallest absolute Gasteiger partial charge is 0.232 e. The maximum atomic E-state index is 12.4. The lowest BCUT2D eigenvalue weighted by molar-refractivity contribution is -0.117. The van der Waals surface area contributed by atoms with Crippen LogP contribution in [-0.4, -0.2) is 27.6 Å². The van der Waals surface area contributed by atoms with Crippen molar-refractivity contribution in [2.24, 2.45) is 0 Å². The highest BCUT2D eigenvalue weighted by atomic mass is 35.5. The molecule has 0 radical (unpaired) electrons. The maximum Gasteiger partial charge on any atom is 0.232 e. The molecule has 1 amide bonds. The largest absolute Gasteiger partial charge is 0.339 e. The predicted octanol–water partition coefficient (Wildman–Crippen LogP) is 3.61. The Hall–Kier alpha value is -2.73. The third-order valence-corrected chi connectivity index (χ3v) is 4.53. The molecule has 1 atom stereocenters. The van der Waals surface area contributed by atoms with Crippen LogP contribution >= 0.6 is 11.6 Å². The summed E-state index contributed by atoms with van der Waals surface area (Å²) in [5.74, 6) is 0.778. The first kappa shape index (κ1) is 15.8. The Labute approximate surface area is 149 Å². The fourth-order valence-corrected chi connectivity index (χ4v) is 3.29. The first-order valence-electron chi connectivity index (χ1n) is 7.92. The minimum Gasteiger partial charge on any atom is -0.339 e. The molecule has 25 heavy (non-hydrogen) atoms. The molecule has 1 saturated heterocycles. The summed E-state index contributed by atoms with van der Waals surface area (Å²) in [5, 5.41) is 4.57. The van der Waals surface area contributed by atoms with Gasteiger partial charge in [-0.05, 0) is 36.8 Å². The van der Waals surface area contributed by atoms with E-state index in [-0.39, 0.29) is 11.8 Å². The van der Waals surface area contributed by atoms with E-state index in [0.717, 1.165) is 11.1 Å². The average molecular weight is 355 g/mol. The molecular formula is C18H15ClN4O2. The second-order valence-electron chi connectivity index (χ2n) is 6.06. The zero-order chi connectivity index (χ0) is 17.4. The molecule has 0 N–H and O–H groups in total. The number of hydrogen-bond acceptors (Lipinski definition) is 5. The van der Waals surface area contributed by atoms with Gasteiger partial charge in [-0.3, -0.25) is 9.78 Å². The summed E-state index contributed by atoms with van der Waals surface area (Å²) in [6.45, 7) is 2.43. The van der Waals surface area contributed by atoms with Crippen molar-refractivity contribution in [3.63, 3.8) is 0 Å². The summed E-state index contributed by atoms with van der Waals surface area (Å²) in [4.78, 5) is 22.6. The summed E-state index contributed by atoms with van der Waals surface area (Å²) >= 11 is 6.30. The highest BCUT2D eigenvalue weighted by Crippen LogP contribution is 2.35. The van der Waals surface area contributed by atoms with Crippen molar-refractivity contribution in [2.45, 2.75) is 19.3 Å². The number of halogens is 1. The van der Waals surface area contributed by atoms with Crippen LogP contribution in [0.3, 0.4) is 0 Å². The second kappa shape index (κ2) is 6.29. The number of amides is 1. The van der Waals surface area contributed by atoms with Gasteiger partial charge in [0.15, 0.2) is 0 Å². The van der Waals surface area contributed by atoms with Crippen molar-refractivity contribution in [3.05, 3.63) is 59.2 Å². The molecule has 3 aromatic rings. The van der Waals surface area contributed by atoms with Crippen molar-refractivity contribution in [1.82, 2.24) is 15.1 Å². The van der Waals surface area contributed by atoms with E-state index < -0.39 is 0 Å². The summed E-state index contributed by atoms with van der Waals surface area (Å²) in [6.07, 6.45) is 3.68. The number of hydrogen-bond donors (Lipinski definition) is 0. The van der Waals surface area contributed by atoms with E-state index in [1.165, 1.54) is 0 Å². The van der Waals surface area contributed by atoms with Crippen LogP contribution in [0.15, 0.2) is 47.2 Å². The Morgan fingerprint density at radius 3 is 2.96 bits per heavy atom. The van der Waals surface area contributed by atoms with Gasteiger partial charge in [-0.2, -0.15) is 4.98 Å². The van der Waals surface area contributed by atoms with E-state index in [1.54, 1.807) is 17.3 Å². The monoisotopic (exact) mass is 354 g/mol. The Kier molecular flexibility index (Phi) is 3.97. The first-order valence-corrected chi connectivity index (χ1v) is 8.30. The van der Waals surface area contributed by atoms with E-state index in [4.69, 9.17) is 16.1 Å². The Bertz CT molecular complexity index is 926. The van der Waals surface area contributed by atoms with Gasteiger partial charge in [0.05, 0.1) is 16.6 Å². The predicted molar refractivity (Wildman–Crippen MR) is 93.4 cm³/mol. The lowest BCUT2D eigenvalue weighted by atomic mass is 10.1. The van der Waals surface area contributed by atoms with Crippen LogP contribution in [0.2, 0.25) is 5.02 Å². The summed E-state index contributed by atoms with van der Waals surface area (Å²) in [7, 11) is 0. The number of nitrogens with zero attached hydrogens (tertiary/aromatic N) is 4. The zero-order valence-electron chi connectivity index (χ0n) is 13.5. The molecule has 1 aliphatic heterocycles. The number of anilines is 1. The van der Waals surface area contributed by atoms with Gasteiger partial charge in [0.25, 0.3) is 0 Å². The van der Waals surface area contributed by atoms with Crippen LogP contribution in [0.5, 0.6) is 0 Å². The molecule has 126 valence electrons. The van der Waals surface area contributed by atoms with Crippen molar-refractivity contribution < 1.29 is 9.32 Å².